The number of aliphatic carboxylic acids is 1. The van der Waals surface area contributed by atoms with Gasteiger partial charge < -0.3 is 5.11 Å². The Hall–Kier alpha value is -2.12. The van der Waals surface area contributed by atoms with Crippen LogP contribution < -0.4 is 0 Å². The third-order valence-corrected chi connectivity index (χ3v) is 3.05. The molecule has 4 heteroatoms. The highest BCUT2D eigenvalue weighted by Gasteiger charge is 2.10. The summed E-state index contributed by atoms with van der Waals surface area (Å²) in [6.45, 7) is 6.23. The monoisotopic (exact) mass is 272 g/mol. The molecule has 1 atom stereocenters. The van der Waals surface area contributed by atoms with Gasteiger partial charge in [-0.3, -0.25) is 4.90 Å². The molecule has 4 nitrogen and oxygen atoms in total. The van der Waals surface area contributed by atoms with Crippen LogP contribution in [0.15, 0.2) is 30.3 Å². The number of carboxylic acid groups (broad SMARTS) is 1. The van der Waals surface area contributed by atoms with Crippen LogP contribution in [0.1, 0.15) is 25.0 Å². The second-order valence-corrected chi connectivity index (χ2v) is 4.73. The van der Waals surface area contributed by atoms with Gasteiger partial charge in [0.2, 0.25) is 0 Å². The molecule has 0 aromatic heterocycles. The van der Waals surface area contributed by atoms with Crippen LogP contribution in [0.25, 0.3) is 6.08 Å². The normalized spacial score (nSPS) is 12.5. The molecular formula is C16H20N2O2. The van der Waals surface area contributed by atoms with Crippen molar-refractivity contribution in [3.05, 3.63) is 41.5 Å². The van der Waals surface area contributed by atoms with Gasteiger partial charge in [0.1, 0.15) is 0 Å². The number of nitrogens with zero attached hydrogens (tertiary/aromatic N) is 2. The molecule has 0 fully saturated rings. The minimum absolute atomic E-state index is 0.0170. The number of nitriles is 1. The molecule has 0 amide bonds. The molecule has 0 saturated heterocycles. The molecule has 0 spiro atoms. The number of hydrogen-bond donors (Lipinski definition) is 1. The summed E-state index contributed by atoms with van der Waals surface area (Å²) in [5.41, 5.74) is 1.97. The van der Waals surface area contributed by atoms with E-state index < -0.39 is 5.97 Å². The summed E-state index contributed by atoms with van der Waals surface area (Å²) in [4.78, 5) is 12.8. The fraction of sp³-hybridized carbons (Fsp3) is 0.375. The average Bonchev–Trinajstić information content (AvgIpc) is 2.45. The Morgan fingerprint density at radius 3 is 2.80 bits per heavy atom. The van der Waals surface area contributed by atoms with Gasteiger partial charge in [-0.2, -0.15) is 5.26 Å². The summed E-state index contributed by atoms with van der Waals surface area (Å²) in [5, 5.41) is 17.6. The molecule has 0 radical (unpaired) electrons. The lowest BCUT2D eigenvalue weighted by atomic mass is 10.1. The van der Waals surface area contributed by atoms with Crippen molar-refractivity contribution in [2.24, 2.45) is 5.92 Å². The Balaban J connectivity index is 2.85. The Morgan fingerprint density at radius 1 is 1.50 bits per heavy atom. The van der Waals surface area contributed by atoms with E-state index in [4.69, 9.17) is 10.4 Å². The van der Waals surface area contributed by atoms with Crippen molar-refractivity contribution in [3.8, 4) is 6.07 Å². The van der Waals surface area contributed by atoms with Gasteiger partial charge in [-0.25, -0.2) is 4.79 Å². The first-order chi connectivity index (χ1) is 9.56. The lowest BCUT2D eigenvalue weighted by molar-refractivity contribution is -0.131. The van der Waals surface area contributed by atoms with Crippen molar-refractivity contribution in [2.45, 2.75) is 20.4 Å². The standard InChI is InChI=1S/C16H20N2O2/c1-3-18(11-13(2)10-17)12-15-7-5-4-6-14(15)8-9-16(19)20/h4-9,13H,3,11-12H2,1-2H3,(H,19,20). The first kappa shape index (κ1) is 15.9. The van der Waals surface area contributed by atoms with Crippen molar-refractivity contribution in [1.29, 1.82) is 5.26 Å². The van der Waals surface area contributed by atoms with Gasteiger partial charge in [0.25, 0.3) is 0 Å². The Bertz CT molecular complexity index is 517. The van der Waals surface area contributed by atoms with Crippen LogP contribution in [0.3, 0.4) is 0 Å². The first-order valence-electron chi connectivity index (χ1n) is 6.67. The van der Waals surface area contributed by atoms with Crippen molar-refractivity contribution < 1.29 is 9.90 Å². The van der Waals surface area contributed by atoms with Crippen LogP contribution in [-0.4, -0.2) is 29.1 Å². The van der Waals surface area contributed by atoms with Gasteiger partial charge >= 0.3 is 5.97 Å². The molecule has 1 aromatic carbocycles. The molecule has 0 aliphatic heterocycles. The molecular weight excluding hydrogens is 252 g/mol. The third kappa shape index (κ3) is 5.25. The van der Waals surface area contributed by atoms with E-state index in [-0.39, 0.29) is 5.92 Å². The summed E-state index contributed by atoms with van der Waals surface area (Å²) < 4.78 is 0. The summed E-state index contributed by atoms with van der Waals surface area (Å²) in [6.07, 6.45) is 2.76. The summed E-state index contributed by atoms with van der Waals surface area (Å²) in [7, 11) is 0. The zero-order valence-electron chi connectivity index (χ0n) is 11.9. The molecule has 1 unspecified atom stereocenters. The molecule has 0 aliphatic carbocycles. The average molecular weight is 272 g/mol. The maximum absolute atomic E-state index is 10.6. The summed E-state index contributed by atoms with van der Waals surface area (Å²) >= 11 is 0. The molecule has 0 aliphatic rings. The SMILES string of the molecule is CCN(Cc1ccccc1C=CC(=O)O)CC(C)C#N. The van der Waals surface area contributed by atoms with E-state index in [0.717, 1.165) is 23.7 Å². The highest BCUT2D eigenvalue weighted by molar-refractivity contribution is 5.85. The molecule has 1 N–H and O–H groups in total. The van der Waals surface area contributed by atoms with Crippen molar-refractivity contribution >= 4 is 12.0 Å². The van der Waals surface area contributed by atoms with Crippen LogP contribution in [0.5, 0.6) is 0 Å². The predicted octanol–water partition coefficient (Wildman–Crippen LogP) is 2.77. The van der Waals surface area contributed by atoms with Crippen LogP contribution in [0.4, 0.5) is 0 Å². The Labute approximate surface area is 119 Å². The number of benzene rings is 1. The number of hydrogen-bond acceptors (Lipinski definition) is 3. The molecule has 0 saturated carbocycles. The second kappa shape index (κ2) is 8.13. The van der Waals surface area contributed by atoms with Gasteiger partial charge in [-0.15, -0.1) is 0 Å². The molecule has 20 heavy (non-hydrogen) atoms. The number of rotatable bonds is 7. The largest absolute Gasteiger partial charge is 0.478 e. The van der Waals surface area contributed by atoms with Crippen LogP contribution in [0.2, 0.25) is 0 Å². The summed E-state index contributed by atoms with van der Waals surface area (Å²) in [5.74, 6) is -0.970. The minimum atomic E-state index is -0.953. The Kier molecular flexibility index (Phi) is 6.48. The van der Waals surface area contributed by atoms with E-state index in [1.165, 1.54) is 0 Å². The molecule has 1 aromatic rings. The van der Waals surface area contributed by atoms with Crippen LogP contribution in [-0.2, 0) is 11.3 Å². The molecule has 0 heterocycles. The van der Waals surface area contributed by atoms with Crippen LogP contribution >= 0.6 is 0 Å². The predicted molar refractivity (Wildman–Crippen MR) is 78.8 cm³/mol. The topological polar surface area (TPSA) is 64.3 Å². The highest BCUT2D eigenvalue weighted by Crippen LogP contribution is 2.14. The quantitative estimate of drug-likeness (QED) is 0.775. The molecule has 106 valence electrons. The van der Waals surface area contributed by atoms with E-state index >= 15 is 0 Å². The lowest BCUT2D eigenvalue weighted by Crippen LogP contribution is -2.27. The van der Waals surface area contributed by atoms with Gasteiger partial charge in [0.15, 0.2) is 0 Å². The van der Waals surface area contributed by atoms with E-state index in [1.54, 1.807) is 6.08 Å². The summed E-state index contributed by atoms with van der Waals surface area (Å²) in [6, 6.07) is 9.95. The second-order valence-electron chi connectivity index (χ2n) is 4.73. The zero-order chi connectivity index (χ0) is 15.0. The first-order valence-corrected chi connectivity index (χ1v) is 6.67. The van der Waals surface area contributed by atoms with Gasteiger partial charge in [-0.05, 0) is 30.7 Å². The molecule has 0 bridgehead atoms. The van der Waals surface area contributed by atoms with Crippen molar-refractivity contribution in [3.63, 3.8) is 0 Å². The minimum Gasteiger partial charge on any atom is -0.478 e. The van der Waals surface area contributed by atoms with E-state index in [1.807, 2.05) is 31.2 Å². The lowest BCUT2D eigenvalue weighted by Gasteiger charge is -2.22. The maximum atomic E-state index is 10.6. The molecule has 1 rings (SSSR count). The maximum Gasteiger partial charge on any atom is 0.328 e. The number of carboxylic acids is 1. The zero-order valence-corrected chi connectivity index (χ0v) is 11.9. The van der Waals surface area contributed by atoms with E-state index in [9.17, 15) is 4.79 Å². The number of carbonyl (C=O) groups is 1. The fourth-order valence-corrected chi connectivity index (χ4v) is 1.98. The van der Waals surface area contributed by atoms with Gasteiger partial charge in [0, 0.05) is 19.2 Å². The fourth-order valence-electron chi connectivity index (χ4n) is 1.98. The van der Waals surface area contributed by atoms with E-state index in [0.29, 0.717) is 13.1 Å². The van der Waals surface area contributed by atoms with Crippen molar-refractivity contribution in [2.75, 3.05) is 13.1 Å². The highest BCUT2D eigenvalue weighted by atomic mass is 16.4. The van der Waals surface area contributed by atoms with Gasteiger partial charge in [0.05, 0.1) is 12.0 Å². The third-order valence-electron chi connectivity index (χ3n) is 3.05. The van der Waals surface area contributed by atoms with Gasteiger partial charge in [-0.1, -0.05) is 31.2 Å². The Morgan fingerprint density at radius 2 is 2.20 bits per heavy atom. The van der Waals surface area contributed by atoms with E-state index in [2.05, 4.69) is 17.9 Å². The smallest absolute Gasteiger partial charge is 0.328 e. The van der Waals surface area contributed by atoms with Crippen LogP contribution in [0, 0.1) is 17.2 Å². The van der Waals surface area contributed by atoms with Crippen molar-refractivity contribution in [1.82, 2.24) is 4.90 Å².